The van der Waals surface area contributed by atoms with E-state index in [9.17, 15) is 18.3 Å². The maximum atomic E-state index is 13.0. The van der Waals surface area contributed by atoms with Crippen molar-refractivity contribution in [3.8, 4) is 0 Å². The van der Waals surface area contributed by atoms with Crippen LogP contribution >= 0.6 is 0 Å². The molecule has 2 heterocycles. The zero-order chi connectivity index (χ0) is 19.3. The van der Waals surface area contributed by atoms with Crippen LogP contribution in [0, 0.1) is 12.3 Å². The van der Waals surface area contributed by atoms with Crippen LogP contribution < -0.4 is 4.90 Å². The van der Waals surface area contributed by atoms with E-state index in [0.717, 1.165) is 23.2 Å². The van der Waals surface area contributed by atoms with Crippen molar-refractivity contribution in [2.75, 3.05) is 11.4 Å². The summed E-state index contributed by atoms with van der Waals surface area (Å²) in [7, 11) is 0. The first-order valence-electron chi connectivity index (χ1n) is 8.16. The minimum Gasteiger partial charge on any atom is -0.509 e. The Bertz CT molecular complexity index is 1100. The van der Waals surface area contributed by atoms with Crippen molar-refractivity contribution in [1.82, 2.24) is 9.97 Å². The van der Waals surface area contributed by atoms with Crippen LogP contribution in [0.4, 0.5) is 18.9 Å². The first-order chi connectivity index (χ1) is 12.7. The molecule has 3 N–H and O–H groups in total. The maximum absolute atomic E-state index is 13.0. The van der Waals surface area contributed by atoms with Gasteiger partial charge in [-0.15, -0.1) is 0 Å². The number of aliphatic hydroxyl groups is 1. The summed E-state index contributed by atoms with van der Waals surface area (Å²) in [4.78, 5) is 8.79. The monoisotopic (exact) mass is 372 g/mol. The van der Waals surface area contributed by atoms with Gasteiger partial charge in [-0.1, -0.05) is 12.1 Å². The lowest BCUT2D eigenvalue weighted by molar-refractivity contribution is -0.137. The van der Waals surface area contributed by atoms with Crippen molar-refractivity contribution in [2.24, 2.45) is 0 Å². The van der Waals surface area contributed by atoms with Crippen LogP contribution in [0.1, 0.15) is 17.0 Å². The number of halogens is 3. The Hall–Kier alpha value is -3.29. The van der Waals surface area contributed by atoms with Crippen molar-refractivity contribution >= 4 is 28.1 Å². The molecule has 0 radical (unpaired) electrons. The number of benzene rings is 2. The molecule has 0 bridgehead atoms. The normalized spacial score (nSPS) is 15.3. The van der Waals surface area contributed by atoms with Crippen LogP contribution in [0.15, 0.2) is 48.2 Å². The Kier molecular flexibility index (Phi) is 3.73. The number of aliphatic hydroxyl groups excluding tert-OH is 1. The second kappa shape index (κ2) is 5.87. The quantitative estimate of drug-likeness (QED) is 0.613. The van der Waals surface area contributed by atoms with Gasteiger partial charge < -0.3 is 15.0 Å². The molecule has 1 aromatic heterocycles. The Morgan fingerprint density at radius 1 is 1.19 bits per heavy atom. The van der Waals surface area contributed by atoms with E-state index in [1.807, 2.05) is 25.1 Å². The van der Waals surface area contributed by atoms with Gasteiger partial charge >= 0.3 is 6.18 Å². The first kappa shape index (κ1) is 17.1. The standard InChI is InChI=1S/C19H15F3N4O/c1-10-5-6-13-14(7-10)25-18(24-13)16-15(27)9-26(17(16)23)12-4-2-3-11(8-12)19(20,21)22/h2-8,23,27H,9H2,1H3,(H,24,25). The van der Waals surface area contributed by atoms with Crippen LogP contribution in [0.2, 0.25) is 0 Å². The van der Waals surface area contributed by atoms with Crippen LogP contribution in [-0.2, 0) is 6.18 Å². The summed E-state index contributed by atoms with van der Waals surface area (Å²) in [6.07, 6.45) is -4.48. The fourth-order valence-electron chi connectivity index (χ4n) is 3.14. The van der Waals surface area contributed by atoms with Crippen LogP contribution in [-0.4, -0.2) is 27.5 Å². The smallest absolute Gasteiger partial charge is 0.416 e. The Morgan fingerprint density at radius 3 is 2.70 bits per heavy atom. The topological polar surface area (TPSA) is 76.0 Å². The van der Waals surface area contributed by atoms with Gasteiger partial charge in [0.1, 0.15) is 17.4 Å². The van der Waals surface area contributed by atoms with E-state index in [2.05, 4.69) is 9.97 Å². The van der Waals surface area contributed by atoms with Crippen molar-refractivity contribution in [3.63, 3.8) is 0 Å². The third-order valence-electron chi connectivity index (χ3n) is 4.46. The van der Waals surface area contributed by atoms with Crippen molar-refractivity contribution in [2.45, 2.75) is 13.1 Å². The van der Waals surface area contributed by atoms with Gasteiger partial charge in [0, 0.05) is 5.69 Å². The predicted octanol–water partition coefficient (Wildman–Crippen LogP) is 4.66. The van der Waals surface area contributed by atoms with Gasteiger partial charge in [0.2, 0.25) is 0 Å². The SMILES string of the molecule is Cc1ccc2nc(C3=C(O)CN(c4cccc(C(F)(F)F)c4)C3=N)[nH]c2c1. The number of hydrogen-bond acceptors (Lipinski definition) is 3. The summed E-state index contributed by atoms with van der Waals surface area (Å²) in [6.45, 7) is 1.84. The lowest BCUT2D eigenvalue weighted by Gasteiger charge is -2.20. The summed E-state index contributed by atoms with van der Waals surface area (Å²) >= 11 is 0. The molecule has 0 fully saturated rings. The highest BCUT2D eigenvalue weighted by atomic mass is 19.4. The lowest BCUT2D eigenvalue weighted by atomic mass is 10.1. The molecule has 138 valence electrons. The van der Waals surface area contributed by atoms with Crippen LogP contribution in [0.5, 0.6) is 0 Å². The second-order valence-electron chi connectivity index (χ2n) is 6.41. The van der Waals surface area contributed by atoms with Gasteiger partial charge in [-0.05, 0) is 42.8 Å². The minimum atomic E-state index is -4.48. The number of aryl methyl sites for hydroxylation is 1. The average molecular weight is 372 g/mol. The van der Waals surface area contributed by atoms with Crippen LogP contribution in [0.3, 0.4) is 0 Å². The van der Waals surface area contributed by atoms with E-state index in [0.29, 0.717) is 11.3 Å². The number of amidine groups is 1. The molecule has 3 aromatic rings. The molecule has 0 spiro atoms. The molecule has 5 nitrogen and oxygen atoms in total. The number of hydrogen-bond donors (Lipinski definition) is 3. The average Bonchev–Trinajstić information content (AvgIpc) is 3.14. The van der Waals surface area contributed by atoms with Gasteiger partial charge in [-0.2, -0.15) is 13.2 Å². The number of alkyl halides is 3. The molecule has 0 amide bonds. The van der Waals surface area contributed by atoms with E-state index in [-0.39, 0.29) is 29.4 Å². The molecule has 4 rings (SSSR count). The number of imidazole rings is 1. The molecule has 8 heteroatoms. The number of anilines is 1. The van der Waals surface area contributed by atoms with Gasteiger partial charge in [0.05, 0.1) is 28.7 Å². The zero-order valence-corrected chi connectivity index (χ0v) is 14.2. The van der Waals surface area contributed by atoms with Crippen molar-refractivity contribution in [1.29, 1.82) is 5.41 Å². The molecule has 0 saturated heterocycles. The van der Waals surface area contributed by atoms with Gasteiger partial charge in [-0.25, -0.2) is 4.98 Å². The summed E-state index contributed by atoms with van der Waals surface area (Å²) in [5.41, 5.74) is 2.03. The van der Waals surface area contributed by atoms with E-state index < -0.39 is 11.7 Å². The first-order valence-corrected chi connectivity index (χ1v) is 8.16. The zero-order valence-electron chi connectivity index (χ0n) is 14.2. The summed E-state index contributed by atoms with van der Waals surface area (Å²) < 4.78 is 38.9. The number of nitrogens with zero attached hydrogens (tertiary/aromatic N) is 2. The third kappa shape index (κ3) is 2.92. The second-order valence-corrected chi connectivity index (χ2v) is 6.41. The number of H-pyrrole nitrogens is 1. The summed E-state index contributed by atoms with van der Waals surface area (Å²) in [6, 6.07) is 10.3. The number of nitrogens with one attached hydrogen (secondary N) is 2. The number of aromatic amines is 1. The van der Waals surface area contributed by atoms with Gasteiger partial charge in [0.15, 0.2) is 0 Å². The Morgan fingerprint density at radius 2 is 1.96 bits per heavy atom. The highest BCUT2D eigenvalue weighted by molar-refractivity contribution is 6.30. The molecule has 27 heavy (non-hydrogen) atoms. The molecule has 1 aliphatic rings. The molecular weight excluding hydrogens is 357 g/mol. The van der Waals surface area contributed by atoms with Crippen molar-refractivity contribution < 1.29 is 18.3 Å². The van der Waals surface area contributed by atoms with Gasteiger partial charge in [-0.3, -0.25) is 5.41 Å². The Labute approximate surface area is 152 Å². The number of aromatic nitrogens is 2. The molecule has 1 aliphatic heterocycles. The molecule has 0 aliphatic carbocycles. The lowest BCUT2D eigenvalue weighted by Crippen LogP contribution is -2.26. The van der Waals surface area contributed by atoms with E-state index in [1.165, 1.54) is 17.0 Å². The molecule has 0 atom stereocenters. The fraction of sp³-hybridized carbons (Fsp3) is 0.158. The highest BCUT2D eigenvalue weighted by Crippen LogP contribution is 2.35. The largest absolute Gasteiger partial charge is 0.509 e. The molecule has 0 unspecified atom stereocenters. The third-order valence-corrected chi connectivity index (χ3v) is 4.46. The molecule has 0 saturated carbocycles. The summed E-state index contributed by atoms with van der Waals surface area (Å²) in [5.74, 6) is 0.0865. The number of rotatable bonds is 2. The predicted molar refractivity (Wildman–Crippen MR) is 96.9 cm³/mol. The van der Waals surface area contributed by atoms with Gasteiger partial charge in [0.25, 0.3) is 0 Å². The minimum absolute atomic E-state index is 0.0917. The van der Waals surface area contributed by atoms with Crippen molar-refractivity contribution in [3.05, 3.63) is 65.2 Å². The molecular formula is C19H15F3N4O. The Balaban J connectivity index is 1.71. The van der Waals surface area contributed by atoms with E-state index >= 15 is 0 Å². The van der Waals surface area contributed by atoms with E-state index in [4.69, 9.17) is 5.41 Å². The summed E-state index contributed by atoms with van der Waals surface area (Å²) in [5, 5.41) is 18.7. The highest BCUT2D eigenvalue weighted by Gasteiger charge is 2.34. The fourth-order valence-corrected chi connectivity index (χ4v) is 3.14. The van der Waals surface area contributed by atoms with Crippen LogP contribution in [0.25, 0.3) is 16.6 Å². The maximum Gasteiger partial charge on any atom is 0.416 e. The van der Waals surface area contributed by atoms with E-state index in [1.54, 1.807) is 0 Å². The molecule has 2 aromatic carbocycles. The number of fused-ring (bicyclic) bond motifs is 1.